The number of nitrogens with one attached hydrogen (secondary N) is 1. The Bertz CT molecular complexity index is 779. The van der Waals surface area contributed by atoms with Crippen molar-refractivity contribution in [1.29, 1.82) is 0 Å². The molecule has 8 heteroatoms. The predicted molar refractivity (Wildman–Crippen MR) is 112 cm³/mol. The van der Waals surface area contributed by atoms with Gasteiger partial charge in [0, 0.05) is 54.7 Å². The molecule has 1 fully saturated rings. The number of thioether (sulfide) groups is 1. The second kappa shape index (κ2) is 9.46. The fraction of sp³-hybridized carbons (Fsp3) is 0.526. The van der Waals surface area contributed by atoms with E-state index in [-0.39, 0.29) is 0 Å². The van der Waals surface area contributed by atoms with Crippen molar-refractivity contribution in [3.05, 3.63) is 35.2 Å². The van der Waals surface area contributed by atoms with Crippen LogP contribution in [-0.2, 0) is 6.42 Å². The summed E-state index contributed by atoms with van der Waals surface area (Å²) in [7, 11) is 1.83. The van der Waals surface area contributed by atoms with Gasteiger partial charge >= 0.3 is 0 Å². The van der Waals surface area contributed by atoms with Crippen molar-refractivity contribution in [2.45, 2.75) is 25.5 Å². The smallest absolute Gasteiger partial charge is 0.228 e. The first-order valence-corrected chi connectivity index (χ1v) is 10.6. The van der Waals surface area contributed by atoms with Crippen molar-refractivity contribution in [3.63, 3.8) is 0 Å². The summed E-state index contributed by atoms with van der Waals surface area (Å²) in [5.41, 5.74) is 0.854. The minimum Gasteiger partial charge on any atom is -0.356 e. The topological polar surface area (TPSA) is 66.5 Å². The van der Waals surface area contributed by atoms with Crippen molar-refractivity contribution < 1.29 is 4.52 Å². The third-order valence-corrected chi connectivity index (χ3v) is 6.30. The van der Waals surface area contributed by atoms with Gasteiger partial charge in [0.05, 0.1) is 0 Å². The molecule has 6 nitrogen and oxygen atoms in total. The molecule has 146 valence electrons. The Morgan fingerprint density at radius 3 is 3.07 bits per heavy atom. The molecule has 0 saturated carbocycles. The molecule has 0 spiro atoms. The van der Waals surface area contributed by atoms with Gasteiger partial charge in [-0.1, -0.05) is 42.7 Å². The Morgan fingerprint density at radius 2 is 2.33 bits per heavy atom. The van der Waals surface area contributed by atoms with E-state index in [1.165, 1.54) is 0 Å². The summed E-state index contributed by atoms with van der Waals surface area (Å²) in [5, 5.41) is 8.77. The SMILES string of the molecule is CN=C(NCCc1nc(-c2cccc(Cl)c2)no1)N1CCSC(C(C)C)C1. The van der Waals surface area contributed by atoms with Gasteiger partial charge < -0.3 is 14.7 Å². The molecule has 1 N–H and O–H groups in total. The highest BCUT2D eigenvalue weighted by Gasteiger charge is 2.24. The molecule has 0 amide bonds. The molecule has 0 bridgehead atoms. The second-order valence-corrected chi connectivity index (χ2v) is 8.63. The van der Waals surface area contributed by atoms with Crippen LogP contribution in [0.3, 0.4) is 0 Å². The van der Waals surface area contributed by atoms with E-state index >= 15 is 0 Å². The summed E-state index contributed by atoms with van der Waals surface area (Å²) in [4.78, 5) is 11.2. The minimum atomic E-state index is 0.560. The normalized spacial score (nSPS) is 18.2. The fourth-order valence-corrected chi connectivity index (χ4v) is 4.47. The van der Waals surface area contributed by atoms with E-state index in [1.807, 2.05) is 31.3 Å². The lowest BCUT2D eigenvalue weighted by molar-refractivity contribution is 0.370. The number of guanidine groups is 1. The molecule has 1 aromatic heterocycles. The Morgan fingerprint density at radius 1 is 1.48 bits per heavy atom. The maximum absolute atomic E-state index is 6.02. The highest BCUT2D eigenvalue weighted by atomic mass is 35.5. The van der Waals surface area contributed by atoms with E-state index in [2.05, 4.69) is 51.0 Å². The van der Waals surface area contributed by atoms with E-state index in [0.29, 0.717) is 40.9 Å². The molecule has 0 aliphatic carbocycles. The molecule has 1 saturated heterocycles. The predicted octanol–water partition coefficient (Wildman–Crippen LogP) is 3.58. The van der Waals surface area contributed by atoms with Crippen molar-refractivity contribution >= 4 is 29.3 Å². The van der Waals surface area contributed by atoms with Crippen LogP contribution in [0.4, 0.5) is 0 Å². The van der Waals surface area contributed by atoms with E-state index < -0.39 is 0 Å². The van der Waals surface area contributed by atoms with E-state index in [4.69, 9.17) is 16.1 Å². The number of hydrogen-bond donors (Lipinski definition) is 1. The van der Waals surface area contributed by atoms with Crippen LogP contribution in [-0.4, -0.2) is 58.7 Å². The van der Waals surface area contributed by atoms with Crippen LogP contribution in [0.2, 0.25) is 5.02 Å². The molecule has 27 heavy (non-hydrogen) atoms. The summed E-state index contributed by atoms with van der Waals surface area (Å²) in [6, 6.07) is 7.45. The number of nitrogens with zero attached hydrogens (tertiary/aromatic N) is 4. The Hall–Kier alpha value is -1.73. The summed E-state index contributed by atoms with van der Waals surface area (Å²) in [6.45, 7) is 7.31. The van der Waals surface area contributed by atoms with E-state index in [9.17, 15) is 0 Å². The molecule has 1 aliphatic rings. The van der Waals surface area contributed by atoms with Crippen molar-refractivity contribution in [2.75, 3.05) is 32.4 Å². The van der Waals surface area contributed by atoms with Crippen LogP contribution in [0, 0.1) is 5.92 Å². The quantitative estimate of drug-likeness (QED) is 0.603. The van der Waals surface area contributed by atoms with Gasteiger partial charge in [0.2, 0.25) is 11.7 Å². The van der Waals surface area contributed by atoms with E-state index in [1.54, 1.807) is 0 Å². The average Bonchev–Trinajstić information content (AvgIpc) is 3.14. The molecule has 1 atom stereocenters. The standard InChI is InChI=1S/C19H26ClN5OS/c1-13(2)16-12-25(9-10-27-16)19(21-3)22-8-7-17-23-18(24-26-17)14-5-4-6-15(20)11-14/h4-6,11,13,16H,7-10,12H2,1-3H3,(H,21,22). The third kappa shape index (κ3) is 5.39. The summed E-state index contributed by atoms with van der Waals surface area (Å²) in [5.74, 6) is 3.90. The third-order valence-electron chi connectivity index (χ3n) is 4.52. The Balaban J connectivity index is 1.53. The zero-order chi connectivity index (χ0) is 19.2. The zero-order valence-corrected chi connectivity index (χ0v) is 17.6. The lowest BCUT2D eigenvalue weighted by Crippen LogP contribution is -2.49. The van der Waals surface area contributed by atoms with Crippen LogP contribution < -0.4 is 5.32 Å². The molecule has 3 rings (SSSR count). The first kappa shape index (κ1) is 20.0. The van der Waals surface area contributed by atoms with Gasteiger partial charge in [-0.3, -0.25) is 4.99 Å². The lowest BCUT2D eigenvalue weighted by Gasteiger charge is -2.36. The van der Waals surface area contributed by atoms with Gasteiger partial charge in [-0.2, -0.15) is 16.7 Å². The van der Waals surface area contributed by atoms with Gasteiger partial charge in [0.25, 0.3) is 0 Å². The molecule has 1 aliphatic heterocycles. The van der Waals surface area contributed by atoms with Crippen LogP contribution in [0.25, 0.3) is 11.4 Å². The zero-order valence-electron chi connectivity index (χ0n) is 16.0. The first-order chi connectivity index (χ1) is 13.1. The lowest BCUT2D eigenvalue weighted by atomic mass is 10.1. The highest BCUT2D eigenvalue weighted by molar-refractivity contribution is 8.00. The number of benzene rings is 1. The highest BCUT2D eigenvalue weighted by Crippen LogP contribution is 2.25. The molecular formula is C19H26ClN5OS. The number of halogens is 1. The van der Waals surface area contributed by atoms with Crippen LogP contribution in [0.5, 0.6) is 0 Å². The van der Waals surface area contributed by atoms with Crippen molar-refractivity contribution in [2.24, 2.45) is 10.9 Å². The molecule has 1 unspecified atom stereocenters. The molecule has 2 aromatic rings. The van der Waals surface area contributed by atoms with Gasteiger partial charge in [0.15, 0.2) is 5.96 Å². The molecule has 0 radical (unpaired) electrons. The van der Waals surface area contributed by atoms with Gasteiger partial charge in [-0.25, -0.2) is 0 Å². The number of hydrogen-bond acceptors (Lipinski definition) is 5. The summed E-state index contributed by atoms with van der Waals surface area (Å²) in [6.07, 6.45) is 0.642. The molecule has 1 aromatic carbocycles. The average molecular weight is 408 g/mol. The largest absolute Gasteiger partial charge is 0.356 e. The summed E-state index contributed by atoms with van der Waals surface area (Å²) < 4.78 is 5.37. The minimum absolute atomic E-state index is 0.560. The molecular weight excluding hydrogens is 382 g/mol. The van der Waals surface area contributed by atoms with Crippen molar-refractivity contribution in [3.8, 4) is 11.4 Å². The molecule has 2 heterocycles. The van der Waals surface area contributed by atoms with Gasteiger partial charge in [-0.15, -0.1) is 0 Å². The Labute approximate surface area is 169 Å². The van der Waals surface area contributed by atoms with Crippen LogP contribution in [0.1, 0.15) is 19.7 Å². The monoisotopic (exact) mass is 407 g/mol. The van der Waals surface area contributed by atoms with E-state index in [0.717, 1.165) is 30.4 Å². The van der Waals surface area contributed by atoms with Gasteiger partial charge in [-0.05, 0) is 18.1 Å². The van der Waals surface area contributed by atoms with Gasteiger partial charge in [0.1, 0.15) is 0 Å². The summed E-state index contributed by atoms with van der Waals surface area (Å²) >= 11 is 8.08. The van der Waals surface area contributed by atoms with Crippen molar-refractivity contribution in [1.82, 2.24) is 20.4 Å². The Kier molecular flexibility index (Phi) is 7.01. The van der Waals surface area contributed by atoms with Crippen LogP contribution >= 0.6 is 23.4 Å². The maximum atomic E-state index is 6.02. The first-order valence-electron chi connectivity index (χ1n) is 9.22. The number of rotatable bonds is 5. The number of aliphatic imine (C=N–C) groups is 1. The fourth-order valence-electron chi connectivity index (χ4n) is 2.99. The second-order valence-electron chi connectivity index (χ2n) is 6.85. The maximum Gasteiger partial charge on any atom is 0.228 e. The van der Waals surface area contributed by atoms with Crippen LogP contribution in [0.15, 0.2) is 33.8 Å². The number of aromatic nitrogens is 2.